The topological polar surface area (TPSA) is 91.8 Å². The first-order chi connectivity index (χ1) is 15.0. The average molecular weight is 419 g/mol. The van der Waals surface area contributed by atoms with Gasteiger partial charge in [-0.1, -0.05) is 18.2 Å². The minimum Gasteiger partial charge on any atom is -0.489 e. The number of fused-ring (bicyclic) bond motifs is 1. The Morgan fingerprint density at radius 1 is 1.19 bits per heavy atom. The number of amides is 2. The van der Waals surface area contributed by atoms with Crippen molar-refractivity contribution in [3.05, 3.63) is 71.4 Å². The van der Waals surface area contributed by atoms with Crippen molar-refractivity contribution < 1.29 is 19.5 Å². The van der Waals surface area contributed by atoms with Crippen molar-refractivity contribution in [1.29, 1.82) is 0 Å². The van der Waals surface area contributed by atoms with Crippen LogP contribution in [-0.4, -0.2) is 39.5 Å². The van der Waals surface area contributed by atoms with E-state index < -0.39 is 5.91 Å². The van der Waals surface area contributed by atoms with Crippen molar-refractivity contribution in [3.8, 4) is 5.75 Å². The van der Waals surface area contributed by atoms with E-state index in [1.54, 1.807) is 34.6 Å². The number of rotatable bonds is 6. The van der Waals surface area contributed by atoms with Crippen LogP contribution in [0.1, 0.15) is 40.9 Å². The average Bonchev–Trinajstić information content (AvgIpc) is 3.25. The first kappa shape index (κ1) is 20.8. The number of carbonyl (C=O) groups excluding carboxylic acids is 2. The molecule has 4 rings (SSSR count). The normalized spacial score (nSPS) is 15.8. The van der Waals surface area contributed by atoms with E-state index in [2.05, 4.69) is 4.98 Å². The fraction of sp³-hybridized carbons (Fsp3) is 0.292. The summed E-state index contributed by atoms with van der Waals surface area (Å²) >= 11 is 0. The molecule has 2 N–H and O–H groups in total. The maximum Gasteiger partial charge on any atom is 0.254 e. The van der Waals surface area contributed by atoms with Crippen molar-refractivity contribution in [2.45, 2.75) is 38.8 Å². The van der Waals surface area contributed by atoms with E-state index in [9.17, 15) is 9.59 Å². The Hall–Kier alpha value is -3.45. The molecule has 0 aliphatic carbocycles. The van der Waals surface area contributed by atoms with Gasteiger partial charge in [-0.2, -0.15) is 0 Å². The summed E-state index contributed by atoms with van der Waals surface area (Å²) < 4.78 is 5.97. The van der Waals surface area contributed by atoms with Crippen LogP contribution in [0.3, 0.4) is 0 Å². The van der Waals surface area contributed by atoms with E-state index in [1.807, 2.05) is 37.3 Å². The molecule has 1 atom stereocenters. The molecule has 160 valence electrons. The molecule has 0 saturated carbocycles. The fourth-order valence-corrected chi connectivity index (χ4v) is 4.11. The van der Waals surface area contributed by atoms with Crippen LogP contribution in [0, 0.1) is 6.92 Å². The van der Waals surface area contributed by atoms with Gasteiger partial charge in [0.25, 0.3) is 5.91 Å². The summed E-state index contributed by atoms with van der Waals surface area (Å²) in [5.41, 5.74) is 5.13. The maximum atomic E-state index is 12.9. The van der Waals surface area contributed by atoms with E-state index in [0.29, 0.717) is 24.5 Å². The van der Waals surface area contributed by atoms with Gasteiger partial charge in [0.15, 0.2) is 0 Å². The zero-order valence-corrected chi connectivity index (χ0v) is 17.4. The zero-order valence-electron chi connectivity index (χ0n) is 17.4. The van der Waals surface area contributed by atoms with Crippen molar-refractivity contribution >= 4 is 22.7 Å². The Balaban J connectivity index is 1.43. The number of benzene rings is 2. The van der Waals surface area contributed by atoms with Crippen molar-refractivity contribution in [3.63, 3.8) is 0 Å². The largest absolute Gasteiger partial charge is 0.489 e. The summed E-state index contributed by atoms with van der Waals surface area (Å²) in [4.78, 5) is 30.6. The summed E-state index contributed by atoms with van der Waals surface area (Å²) in [6, 6.07) is 16.9. The number of ether oxygens (including phenoxy) is 1. The second-order valence-corrected chi connectivity index (χ2v) is 7.79. The van der Waals surface area contributed by atoms with Crippen LogP contribution in [0.5, 0.6) is 5.75 Å². The molecule has 1 saturated heterocycles. The van der Waals surface area contributed by atoms with Gasteiger partial charge in [0, 0.05) is 41.2 Å². The van der Waals surface area contributed by atoms with Crippen LogP contribution in [-0.2, 0) is 11.4 Å². The number of para-hydroxylation sites is 1. The quantitative estimate of drug-likeness (QED) is 0.470. The number of likely N-dealkylation sites (tertiary alicyclic amines) is 1. The number of pyridine rings is 1. The Morgan fingerprint density at radius 3 is 2.74 bits per heavy atom. The number of hydroxylamine groups is 1. The number of nitrogens with zero attached hydrogens (tertiary/aromatic N) is 2. The highest BCUT2D eigenvalue weighted by atomic mass is 16.5. The van der Waals surface area contributed by atoms with Crippen LogP contribution < -0.4 is 10.2 Å². The summed E-state index contributed by atoms with van der Waals surface area (Å²) in [5, 5.41) is 9.82. The molecule has 0 bridgehead atoms. The third-order valence-electron chi connectivity index (χ3n) is 5.61. The molecule has 1 fully saturated rings. The summed E-state index contributed by atoms with van der Waals surface area (Å²) in [5.74, 6) is 0.0792. The van der Waals surface area contributed by atoms with Crippen LogP contribution >= 0.6 is 0 Å². The van der Waals surface area contributed by atoms with E-state index >= 15 is 0 Å². The molecule has 1 aliphatic rings. The summed E-state index contributed by atoms with van der Waals surface area (Å²) in [6.07, 6.45) is 1.69. The van der Waals surface area contributed by atoms with Gasteiger partial charge in [-0.3, -0.25) is 19.8 Å². The van der Waals surface area contributed by atoms with Gasteiger partial charge in [-0.25, -0.2) is 5.48 Å². The third-order valence-corrected chi connectivity index (χ3v) is 5.61. The lowest BCUT2D eigenvalue weighted by atomic mass is 10.1. The summed E-state index contributed by atoms with van der Waals surface area (Å²) in [6.45, 7) is 2.97. The van der Waals surface area contributed by atoms with Gasteiger partial charge >= 0.3 is 0 Å². The molecule has 1 aromatic heterocycles. The first-order valence-electron chi connectivity index (χ1n) is 10.4. The van der Waals surface area contributed by atoms with Crippen molar-refractivity contribution in [1.82, 2.24) is 15.4 Å². The second kappa shape index (κ2) is 9.14. The molecule has 7 nitrogen and oxygen atoms in total. The Kier molecular flexibility index (Phi) is 6.13. The number of nitrogens with one attached hydrogen (secondary N) is 1. The highest BCUT2D eigenvalue weighted by molar-refractivity contribution is 5.95. The molecule has 3 aromatic rings. The molecule has 31 heavy (non-hydrogen) atoms. The monoisotopic (exact) mass is 419 g/mol. The third kappa shape index (κ3) is 4.67. The Morgan fingerprint density at radius 2 is 1.97 bits per heavy atom. The lowest BCUT2D eigenvalue weighted by Crippen LogP contribution is -2.38. The smallest absolute Gasteiger partial charge is 0.254 e. The second-order valence-electron chi connectivity index (χ2n) is 7.79. The van der Waals surface area contributed by atoms with Crippen LogP contribution in [0.4, 0.5) is 0 Å². The molecule has 2 aromatic carbocycles. The molecular weight excluding hydrogens is 394 g/mol. The SMILES string of the molecule is Cc1cc(COc2ccc(C(=O)N3CCCC3CC(=O)NO)cc2)c2ccccc2n1. The first-order valence-corrected chi connectivity index (χ1v) is 10.4. The fourth-order valence-electron chi connectivity index (χ4n) is 4.11. The van der Waals surface area contributed by atoms with Crippen LogP contribution in [0.15, 0.2) is 54.6 Å². The highest BCUT2D eigenvalue weighted by Crippen LogP contribution is 2.24. The minimum atomic E-state index is -0.479. The molecule has 7 heteroatoms. The minimum absolute atomic E-state index is 0.0999. The van der Waals surface area contributed by atoms with Crippen molar-refractivity contribution in [2.75, 3.05) is 6.54 Å². The lowest BCUT2D eigenvalue weighted by molar-refractivity contribution is -0.130. The molecule has 2 heterocycles. The van der Waals surface area contributed by atoms with E-state index in [-0.39, 0.29) is 18.4 Å². The number of hydrogen-bond donors (Lipinski definition) is 2. The predicted octanol–water partition coefficient (Wildman–Crippen LogP) is 3.62. The summed E-state index contributed by atoms with van der Waals surface area (Å²) in [7, 11) is 0. The van der Waals surface area contributed by atoms with Crippen LogP contribution in [0.25, 0.3) is 10.9 Å². The van der Waals surface area contributed by atoms with Crippen LogP contribution in [0.2, 0.25) is 0 Å². The molecular formula is C24H25N3O4. The van der Waals surface area contributed by atoms with Gasteiger partial charge < -0.3 is 9.64 Å². The van der Waals surface area contributed by atoms with Gasteiger partial charge in [0.1, 0.15) is 12.4 Å². The number of hydrogen-bond acceptors (Lipinski definition) is 5. The Bertz CT molecular complexity index is 1100. The van der Waals surface area contributed by atoms with Gasteiger partial charge in [-0.05, 0) is 56.2 Å². The number of aryl methyl sites for hydroxylation is 1. The molecule has 0 radical (unpaired) electrons. The van der Waals surface area contributed by atoms with Gasteiger partial charge in [-0.15, -0.1) is 0 Å². The Labute approximate surface area is 180 Å². The van der Waals surface area contributed by atoms with E-state index in [4.69, 9.17) is 9.94 Å². The van der Waals surface area contributed by atoms with Crippen molar-refractivity contribution in [2.24, 2.45) is 0 Å². The molecule has 2 amide bonds. The van der Waals surface area contributed by atoms with Gasteiger partial charge in [0.05, 0.1) is 5.52 Å². The zero-order chi connectivity index (χ0) is 21.8. The number of carbonyl (C=O) groups is 2. The highest BCUT2D eigenvalue weighted by Gasteiger charge is 2.30. The van der Waals surface area contributed by atoms with E-state index in [1.165, 1.54) is 0 Å². The predicted molar refractivity (Wildman–Crippen MR) is 116 cm³/mol. The van der Waals surface area contributed by atoms with E-state index in [0.717, 1.165) is 35.0 Å². The van der Waals surface area contributed by atoms with Gasteiger partial charge in [0.2, 0.25) is 5.91 Å². The standard InChI is InChI=1S/C24H25N3O4/c1-16-13-18(21-6-2-3-7-22(21)25-16)15-31-20-10-8-17(9-11-20)24(29)27-12-4-5-19(27)14-23(28)26-30/h2-3,6-11,13,19,30H,4-5,12,14-15H2,1H3,(H,26,28). The number of aromatic nitrogens is 1. The lowest BCUT2D eigenvalue weighted by Gasteiger charge is -2.24. The molecule has 1 unspecified atom stereocenters. The maximum absolute atomic E-state index is 12.9. The molecule has 1 aliphatic heterocycles. The molecule has 0 spiro atoms.